The summed E-state index contributed by atoms with van der Waals surface area (Å²) in [6.45, 7) is 8.49. The van der Waals surface area contributed by atoms with Crippen LogP contribution in [0.2, 0.25) is 0 Å². The normalized spacial score (nSPS) is 18.3. The summed E-state index contributed by atoms with van der Waals surface area (Å²) in [6, 6.07) is 0.111. The van der Waals surface area contributed by atoms with Gasteiger partial charge in [0.2, 0.25) is 5.91 Å². The van der Waals surface area contributed by atoms with Gasteiger partial charge in [0.05, 0.1) is 24.1 Å². The van der Waals surface area contributed by atoms with E-state index in [9.17, 15) is 4.79 Å². The molecule has 1 fully saturated rings. The Labute approximate surface area is 121 Å². The average Bonchev–Trinajstić information content (AvgIpc) is 2.42. The molecule has 1 saturated heterocycles. The maximum absolute atomic E-state index is 11.9. The zero-order chi connectivity index (χ0) is 14.3. The minimum absolute atomic E-state index is 0.111. The van der Waals surface area contributed by atoms with Gasteiger partial charge in [-0.1, -0.05) is 19.1 Å². The number of hydrogen-bond acceptors (Lipinski definition) is 4. The summed E-state index contributed by atoms with van der Waals surface area (Å²) >= 11 is 5.00. The van der Waals surface area contributed by atoms with E-state index >= 15 is 0 Å². The highest BCUT2D eigenvalue weighted by molar-refractivity contribution is 7.80. The monoisotopic (exact) mass is 287 g/mol. The molecule has 0 aliphatic carbocycles. The van der Waals surface area contributed by atoms with Gasteiger partial charge in [0.1, 0.15) is 0 Å². The number of nitrogens with zero attached hydrogens (tertiary/aromatic N) is 2. The van der Waals surface area contributed by atoms with Crippen LogP contribution in [0.15, 0.2) is 0 Å². The molecule has 1 aliphatic heterocycles. The summed E-state index contributed by atoms with van der Waals surface area (Å²) in [5.74, 6) is 0.179. The van der Waals surface area contributed by atoms with Crippen molar-refractivity contribution in [3.63, 3.8) is 0 Å². The molecule has 0 spiro atoms. The number of piperazine rings is 1. The first-order valence-electron chi connectivity index (χ1n) is 6.95. The number of amides is 1. The van der Waals surface area contributed by atoms with E-state index in [-0.39, 0.29) is 11.9 Å². The third kappa shape index (κ3) is 5.42. The summed E-state index contributed by atoms with van der Waals surface area (Å²) in [7, 11) is 0. The number of rotatable bonds is 7. The lowest BCUT2D eigenvalue weighted by Gasteiger charge is -2.37. The molecule has 0 aromatic rings. The molecule has 1 rings (SSSR count). The van der Waals surface area contributed by atoms with Crippen LogP contribution in [0.1, 0.15) is 26.7 Å². The third-order valence-corrected chi connectivity index (χ3v) is 3.78. The van der Waals surface area contributed by atoms with Crippen LogP contribution in [0.4, 0.5) is 0 Å². The largest absolute Gasteiger partial charge is 0.392 e. The highest BCUT2D eigenvalue weighted by Gasteiger charge is 2.24. The number of nitrogens with two attached hydrogens (primary N) is 1. The molecular formula is C13H25N3O2S. The predicted molar refractivity (Wildman–Crippen MR) is 80.1 cm³/mol. The summed E-state index contributed by atoms with van der Waals surface area (Å²) in [5, 5.41) is 0. The SMILES string of the molecule is CCCOCCC(=O)N1CCN(C(C)C(N)=S)CC1. The van der Waals surface area contributed by atoms with Gasteiger partial charge >= 0.3 is 0 Å². The van der Waals surface area contributed by atoms with Crippen LogP contribution in [0, 0.1) is 0 Å². The van der Waals surface area contributed by atoms with Gasteiger partial charge in [0.25, 0.3) is 0 Å². The van der Waals surface area contributed by atoms with Gasteiger partial charge in [-0.05, 0) is 13.3 Å². The van der Waals surface area contributed by atoms with E-state index in [0.717, 1.165) is 39.2 Å². The molecule has 1 heterocycles. The van der Waals surface area contributed by atoms with Crippen molar-refractivity contribution in [1.29, 1.82) is 0 Å². The van der Waals surface area contributed by atoms with Gasteiger partial charge in [-0.15, -0.1) is 0 Å². The lowest BCUT2D eigenvalue weighted by molar-refractivity contribution is -0.134. The number of carbonyl (C=O) groups is 1. The van der Waals surface area contributed by atoms with E-state index in [4.69, 9.17) is 22.7 Å². The van der Waals surface area contributed by atoms with Crippen molar-refractivity contribution < 1.29 is 9.53 Å². The molecular weight excluding hydrogens is 262 g/mol. The van der Waals surface area contributed by atoms with Crippen LogP contribution < -0.4 is 5.73 Å². The first kappa shape index (κ1) is 16.3. The minimum atomic E-state index is 0.111. The molecule has 0 aromatic carbocycles. The van der Waals surface area contributed by atoms with Gasteiger partial charge in [-0.2, -0.15) is 0 Å². The van der Waals surface area contributed by atoms with Gasteiger partial charge in [0, 0.05) is 32.8 Å². The van der Waals surface area contributed by atoms with Crippen LogP contribution >= 0.6 is 12.2 Å². The van der Waals surface area contributed by atoms with Crippen molar-refractivity contribution in [2.75, 3.05) is 39.4 Å². The second kappa shape index (κ2) is 8.45. The summed E-state index contributed by atoms with van der Waals surface area (Å²) in [6.07, 6.45) is 1.47. The lowest BCUT2D eigenvalue weighted by atomic mass is 10.2. The van der Waals surface area contributed by atoms with Crippen LogP contribution in [-0.4, -0.2) is 66.1 Å². The predicted octanol–water partition coefficient (Wildman–Crippen LogP) is 0.622. The fraction of sp³-hybridized carbons (Fsp3) is 0.846. The minimum Gasteiger partial charge on any atom is -0.392 e. The molecule has 5 nitrogen and oxygen atoms in total. The Morgan fingerprint density at radius 3 is 2.47 bits per heavy atom. The fourth-order valence-corrected chi connectivity index (χ4v) is 2.25. The van der Waals surface area contributed by atoms with E-state index in [2.05, 4.69) is 11.8 Å². The van der Waals surface area contributed by atoms with Crippen molar-refractivity contribution >= 4 is 23.1 Å². The molecule has 2 N–H and O–H groups in total. The van der Waals surface area contributed by atoms with Crippen molar-refractivity contribution in [2.24, 2.45) is 5.73 Å². The molecule has 0 aromatic heterocycles. The Hall–Kier alpha value is -0.720. The van der Waals surface area contributed by atoms with Crippen LogP contribution in [0.5, 0.6) is 0 Å². The maximum atomic E-state index is 11.9. The Morgan fingerprint density at radius 1 is 1.32 bits per heavy atom. The van der Waals surface area contributed by atoms with Gasteiger partial charge < -0.3 is 15.4 Å². The number of hydrogen-bond donors (Lipinski definition) is 1. The number of carbonyl (C=O) groups excluding carboxylic acids is 1. The first-order valence-corrected chi connectivity index (χ1v) is 7.36. The Kier molecular flexibility index (Phi) is 7.27. The Bertz CT molecular complexity index is 304. The molecule has 1 unspecified atom stereocenters. The summed E-state index contributed by atoms with van der Waals surface area (Å²) < 4.78 is 5.34. The van der Waals surface area contributed by atoms with Crippen molar-refractivity contribution in [2.45, 2.75) is 32.7 Å². The average molecular weight is 287 g/mol. The van der Waals surface area contributed by atoms with Gasteiger partial charge in [0.15, 0.2) is 0 Å². The second-order valence-corrected chi connectivity index (χ2v) is 5.33. The quantitative estimate of drug-likeness (QED) is 0.549. The van der Waals surface area contributed by atoms with Crippen molar-refractivity contribution in [3.8, 4) is 0 Å². The topological polar surface area (TPSA) is 58.8 Å². The maximum Gasteiger partial charge on any atom is 0.224 e. The van der Waals surface area contributed by atoms with E-state index < -0.39 is 0 Å². The lowest BCUT2D eigenvalue weighted by Crippen LogP contribution is -2.54. The van der Waals surface area contributed by atoms with Crippen LogP contribution in [0.3, 0.4) is 0 Å². The molecule has 1 aliphatic rings. The number of thiocarbonyl (C=S) groups is 1. The number of ether oxygens (including phenoxy) is 1. The van der Waals surface area contributed by atoms with Crippen LogP contribution in [0.25, 0.3) is 0 Å². The van der Waals surface area contributed by atoms with Gasteiger partial charge in [-0.3, -0.25) is 9.69 Å². The molecule has 0 saturated carbocycles. The standard InChI is InChI=1S/C13H25N3O2S/c1-3-9-18-10-4-12(17)16-7-5-15(6-8-16)11(2)13(14)19/h11H,3-10H2,1-2H3,(H2,14,19). The zero-order valence-electron chi connectivity index (χ0n) is 11.9. The molecule has 0 radical (unpaired) electrons. The summed E-state index contributed by atoms with van der Waals surface area (Å²) in [5.41, 5.74) is 5.65. The first-order chi connectivity index (χ1) is 9.06. The fourth-order valence-electron chi connectivity index (χ4n) is 2.10. The second-order valence-electron chi connectivity index (χ2n) is 4.86. The highest BCUT2D eigenvalue weighted by atomic mass is 32.1. The Morgan fingerprint density at radius 2 is 1.95 bits per heavy atom. The third-order valence-electron chi connectivity index (χ3n) is 3.44. The zero-order valence-corrected chi connectivity index (χ0v) is 12.7. The summed E-state index contributed by atoms with van der Waals surface area (Å²) in [4.78, 5) is 16.6. The molecule has 6 heteroatoms. The van der Waals surface area contributed by atoms with Crippen LogP contribution in [-0.2, 0) is 9.53 Å². The van der Waals surface area contributed by atoms with Crippen molar-refractivity contribution in [1.82, 2.24) is 9.80 Å². The molecule has 1 atom stereocenters. The Balaban J connectivity index is 2.25. The van der Waals surface area contributed by atoms with E-state index in [1.165, 1.54) is 0 Å². The van der Waals surface area contributed by atoms with Crippen molar-refractivity contribution in [3.05, 3.63) is 0 Å². The molecule has 0 bridgehead atoms. The molecule has 110 valence electrons. The van der Waals surface area contributed by atoms with Gasteiger partial charge in [-0.25, -0.2) is 0 Å². The smallest absolute Gasteiger partial charge is 0.224 e. The van der Waals surface area contributed by atoms with E-state index in [1.54, 1.807) is 0 Å². The van der Waals surface area contributed by atoms with E-state index in [1.807, 2.05) is 11.8 Å². The highest BCUT2D eigenvalue weighted by Crippen LogP contribution is 2.08. The molecule has 1 amide bonds. The molecule has 19 heavy (non-hydrogen) atoms. The van der Waals surface area contributed by atoms with E-state index in [0.29, 0.717) is 18.0 Å².